The summed E-state index contributed by atoms with van der Waals surface area (Å²) in [6, 6.07) is 19.4. The van der Waals surface area contributed by atoms with Crippen LogP contribution >= 0.6 is 0 Å². The van der Waals surface area contributed by atoms with Gasteiger partial charge in [-0.2, -0.15) is 14.9 Å². The predicted octanol–water partition coefficient (Wildman–Crippen LogP) is 5.73. The molecule has 0 saturated carbocycles. The zero-order valence-electron chi connectivity index (χ0n) is 22.1. The van der Waals surface area contributed by atoms with Gasteiger partial charge in [-0.25, -0.2) is 14.6 Å². The summed E-state index contributed by atoms with van der Waals surface area (Å²) in [5.74, 6) is 1.22. The van der Waals surface area contributed by atoms with Gasteiger partial charge in [0.15, 0.2) is 11.5 Å². The molecule has 0 fully saturated rings. The second kappa shape index (κ2) is 9.68. The van der Waals surface area contributed by atoms with E-state index < -0.39 is 0 Å². The number of hydrogen-bond donors (Lipinski definition) is 1. The summed E-state index contributed by atoms with van der Waals surface area (Å²) >= 11 is 0. The van der Waals surface area contributed by atoms with Gasteiger partial charge in [-0.3, -0.25) is 4.79 Å². The van der Waals surface area contributed by atoms with Crippen molar-refractivity contribution in [1.82, 2.24) is 29.5 Å². The SMILES string of the molecule is CCOc1ccc2ccccc2c1C(=O)Nc1cc(C)nn1-c1ncnc2c1cnn2-c1cccc(C)c1C. The minimum Gasteiger partial charge on any atom is -0.493 e. The molecule has 0 saturated heterocycles. The number of anilines is 1. The molecule has 0 radical (unpaired) electrons. The van der Waals surface area contributed by atoms with Crippen molar-refractivity contribution in [2.24, 2.45) is 0 Å². The second-order valence-corrected chi connectivity index (χ2v) is 9.34. The molecule has 0 bridgehead atoms. The highest BCUT2D eigenvalue weighted by molar-refractivity contribution is 6.15. The summed E-state index contributed by atoms with van der Waals surface area (Å²) in [5.41, 5.74) is 5.06. The predicted molar refractivity (Wildman–Crippen MR) is 151 cm³/mol. The van der Waals surface area contributed by atoms with Crippen molar-refractivity contribution in [1.29, 1.82) is 0 Å². The largest absolute Gasteiger partial charge is 0.493 e. The highest BCUT2D eigenvalue weighted by Gasteiger charge is 2.21. The lowest BCUT2D eigenvalue weighted by Gasteiger charge is -2.14. The van der Waals surface area contributed by atoms with Crippen molar-refractivity contribution >= 4 is 33.5 Å². The summed E-state index contributed by atoms with van der Waals surface area (Å²) in [6.07, 6.45) is 3.22. The molecule has 0 atom stereocenters. The maximum absolute atomic E-state index is 13.8. The topological polar surface area (TPSA) is 99.8 Å². The smallest absolute Gasteiger partial charge is 0.261 e. The number of carbonyl (C=O) groups is 1. The Morgan fingerprint density at radius 3 is 2.64 bits per heavy atom. The lowest BCUT2D eigenvalue weighted by Crippen LogP contribution is -2.17. The summed E-state index contributed by atoms with van der Waals surface area (Å²) in [4.78, 5) is 22.8. The molecule has 9 heteroatoms. The number of fused-ring (bicyclic) bond motifs is 2. The average molecular weight is 518 g/mol. The third-order valence-corrected chi connectivity index (χ3v) is 6.84. The molecule has 3 aromatic carbocycles. The van der Waals surface area contributed by atoms with Crippen molar-refractivity contribution in [2.45, 2.75) is 27.7 Å². The number of rotatable bonds is 6. The van der Waals surface area contributed by atoms with Crippen LogP contribution < -0.4 is 10.1 Å². The van der Waals surface area contributed by atoms with Crippen molar-refractivity contribution in [2.75, 3.05) is 11.9 Å². The minimum absolute atomic E-state index is 0.298. The van der Waals surface area contributed by atoms with Gasteiger partial charge < -0.3 is 10.1 Å². The van der Waals surface area contributed by atoms with Gasteiger partial charge in [0.2, 0.25) is 0 Å². The third kappa shape index (κ3) is 4.17. The Kier molecular flexibility index (Phi) is 6.03. The van der Waals surface area contributed by atoms with Crippen LogP contribution in [0.5, 0.6) is 5.75 Å². The van der Waals surface area contributed by atoms with Gasteiger partial charge in [-0.05, 0) is 61.7 Å². The molecule has 6 aromatic rings. The Bertz CT molecular complexity index is 1870. The number of aromatic nitrogens is 6. The molecule has 0 unspecified atom stereocenters. The van der Waals surface area contributed by atoms with E-state index in [2.05, 4.69) is 45.4 Å². The lowest BCUT2D eigenvalue weighted by molar-refractivity contribution is 0.102. The number of nitrogens with one attached hydrogen (secondary N) is 1. The van der Waals surface area contributed by atoms with E-state index >= 15 is 0 Å². The molecular weight excluding hydrogens is 490 g/mol. The molecule has 3 heterocycles. The maximum atomic E-state index is 13.8. The number of carbonyl (C=O) groups excluding carboxylic acids is 1. The molecule has 9 nitrogen and oxygen atoms in total. The fourth-order valence-electron chi connectivity index (χ4n) is 4.83. The van der Waals surface area contributed by atoms with Crippen LogP contribution in [0.3, 0.4) is 0 Å². The monoisotopic (exact) mass is 517 g/mol. The molecule has 1 N–H and O–H groups in total. The fraction of sp³-hybridized carbons (Fsp3) is 0.167. The zero-order chi connectivity index (χ0) is 27.1. The molecule has 39 heavy (non-hydrogen) atoms. The highest BCUT2D eigenvalue weighted by Crippen LogP contribution is 2.30. The van der Waals surface area contributed by atoms with Crippen LogP contribution in [-0.4, -0.2) is 42.0 Å². The maximum Gasteiger partial charge on any atom is 0.261 e. The molecule has 0 aliphatic carbocycles. The van der Waals surface area contributed by atoms with Gasteiger partial charge in [-0.1, -0.05) is 42.5 Å². The van der Waals surface area contributed by atoms with Gasteiger partial charge in [0, 0.05) is 6.07 Å². The number of aryl methyl sites for hydroxylation is 2. The Hall–Kier alpha value is -5.05. The molecular formula is C30H27N7O2. The first kappa shape index (κ1) is 24.3. The van der Waals surface area contributed by atoms with E-state index in [4.69, 9.17) is 4.74 Å². The van der Waals surface area contributed by atoms with Crippen LogP contribution in [0, 0.1) is 20.8 Å². The van der Waals surface area contributed by atoms with E-state index in [0.717, 1.165) is 33.3 Å². The Balaban J connectivity index is 1.44. The molecule has 1 amide bonds. The summed E-state index contributed by atoms with van der Waals surface area (Å²) < 4.78 is 9.26. The van der Waals surface area contributed by atoms with Crippen LogP contribution in [0.25, 0.3) is 33.3 Å². The number of ether oxygens (including phenoxy) is 1. The van der Waals surface area contributed by atoms with Crippen molar-refractivity contribution in [3.63, 3.8) is 0 Å². The van der Waals surface area contributed by atoms with Gasteiger partial charge in [-0.15, -0.1) is 0 Å². The minimum atomic E-state index is -0.298. The van der Waals surface area contributed by atoms with Gasteiger partial charge >= 0.3 is 0 Å². The van der Waals surface area contributed by atoms with Crippen LogP contribution in [0.15, 0.2) is 73.2 Å². The first-order valence-corrected chi connectivity index (χ1v) is 12.7. The Morgan fingerprint density at radius 2 is 1.79 bits per heavy atom. The molecule has 0 aliphatic rings. The molecule has 6 rings (SSSR count). The Morgan fingerprint density at radius 1 is 0.949 bits per heavy atom. The second-order valence-electron chi connectivity index (χ2n) is 9.34. The first-order valence-electron chi connectivity index (χ1n) is 12.7. The van der Waals surface area contributed by atoms with Crippen LogP contribution in [0.2, 0.25) is 0 Å². The Labute approximate surface area is 225 Å². The van der Waals surface area contributed by atoms with Gasteiger partial charge in [0.1, 0.15) is 17.9 Å². The van der Waals surface area contributed by atoms with E-state index in [9.17, 15) is 4.79 Å². The van der Waals surface area contributed by atoms with E-state index in [1.807, 2.05) is 73.1 Å². The molecule has 194 valence electrons. The van der Waals surface area contributed by atoms with E-state index in [1.54, 1.807) is 10.9 Å². The quantitative estimate of drug-likeness (QED) is 0.303. The summed E-state index contributed by atoms with van der Waals surface area (Å²) in [7, 11) is 0. The molecule has 0 aliphatic heterocycles. The number of hydrogen-bond acceptors (Lipinski definition) is 6. The van der Waals surface area contributed by atoms with E-state index in [1.165, 1.54) is 6.33 Å². The normalized spacial score (nSPS) is 11.3. The number of benzene rings is 3. The fourth-order valence-corrected chi connectivity index (χ4v) is 4.83. The van der Waals surface area contributed by atoms with E-state index in [0.29, 0.717) is 40.6 Å². The van der Waals surface area contributed by atoms with Crippen molar-refractivity contribution in [3.05, 3.63) is 95.6 Å². The van der Waals surface area contributed by atoms with Gasteiger partial charge in [0.25, 0.3) is 5.91 Å². The lowest BCUT2D eigenvalue weighted by atomic mass is 10.0. The zero-order valence-corrected chi connectivity index (χ0v) is 22.1. The molecule has 0 spiro atoms. The molecule has 3 aromatic heterocycles. The van der Waals surface area contributed by atoms with E-state index in [-0.39, 0.29) is 5.91 Å². The first-order chi connectivity index (χ1) is 19.0. The number of nitrogens with zero attached hydrogens (tertiary/aromatic N) is 6. The third-order valence-electron chi connectivity index (χ3n) is 6.84. The van der Waals surface area contributed by atoms with Crippen LogP contribution in [-0.2, 0) is 0 Å². The number of amides is 1. The van der Waals surface area contributed by atoms with Crippen LogP contribution in [0.4, 0.5) is 5.82 Å². The van der Waals surface area contributed by atoms with Crippen molar-refractivity contribution < 1.29 is 9.53 Å². The standard InChI is InChI=1S/C30H27N7O2/c1-5-39-25-14-13-21-10-6-7-11-22(21)27(25)30(38)34-26-15-19(3)35-37(26)29-23-16-33-36(28(23)31-17-32-29)24-12-8-9-18(2)20(24)4/h6-17H,5H2,1-4H3,(H,34,38). The average Bonchev–Trinajstić information content (AvgIpc) is 3.53. The summed E-state index contributed by atoms with van der Waals surface area (Å²) in [5, 5.41) is 14.8. The highest BCUT2D eigenvalue weighted by atomic mass is 16.5. The van der Waals surface area contributed by atoms with Crippen molar-refractivity contribution in [3.8, 4) is 17.3 Å². The summed E-state index contributed by atoms with van der Waals surface area (Å²) in [6.45, 7) is 8.34. The van der Waals surface area contributed by atoms with Crippen LogP contribution in [0.1, 0.15) is 34.1 Å². The van der Waals surface area contributed by atoms with Gasteiger partial charge in [0.05, 0.1) is 35.1 Å².